The maximum Gasteiger partial charge on any atom is 0.463 e. The Morgan fingerprint density at radius 1 is 1.41 bits per heavy atom. The second-order valence-corrected chi connectivity index (χ2v) is 4.52. The summed E-state index contributed by atoms with van der Waals surface area (Å²) < 4.78 is 4.43. The molecule has 0 bridgehead atoms. The largest absolute Gasteiger partial charge is 0.463 e. The quantitative estimate of drug-likeness (QED) is 0.206. The van der Waals surface area contributed by atoms with Crippen molar-refractivity contribution < 1.29 is 19.1 Å². The van der Waals surface area contributed by atoms with Crippen LogP contribution in [-0.2, 0) is 20.7 Å². The number of nitrogens with zero attached hydrogens (tertiary/aromatic N) is 6. The van der Waals surface area contributed by atoms with E-state index >= 15 is 0 Å². The van der Waals surface area contributed by atoms with Gasteiger partial charge < -0.3 is 10.3 Å². The molecule has 0 saturated carbocycles. The van der Waals surface area contributed by atoms with Gasteiger partial charge in [-0.25, -0.2) is 4.79 Å². The van der Waals surface area contributed by atoms with Crippen molar-refractivity contribution in [2.24, 2.45) is 5.11 Å². The topological polar surface area (TPSA) is 132 Å². The number of rotatable bonds is 4. The Hall–Kier alpha value is -3.15. The van der Waals surface area contributed by atoms with E-state index in [1.165, 1.54) is 4.90 Å². The van der Waals surface area contributed by atoms with Gasteiger partial charge in [0.05, 0.1) is 7.11 Å². The third-order valence-electron chi connectivity index (χ3n) is 3.33. The van der Waals surface area contributed by atoms with Crippen LogP contribution >= 0.6 is 0 Å². The van der Waals surface area contributed by atoms with Crippen LogP contribution in [0.5, 0.6) is 0 Å². The lowest BCUT2D eigenvalue weighted by Crippen LogP contribution is -2.46. The molecule has 1 amide bonds. The van der Waals surface area contributed by atoms with Gasteiger partial charge >= 0.3 is 17.6 Å². The predicted octanol–water partition coefficient (Wildman–Crippen LogP) is 1.10. The lowest BCUT2D eigenvalue weighted by Gasteiger charge is -2.21. The molecule has 0 N–H and O–H groups in total. The highest BCUT2D eigenvalue weighted by Gasteiger charge is 2.42. The van der Waals surface area contributed by atoms with Crippen molar-refractivity contribution in [3.8, 4) is 0 Å². The maximum atomic E-state index is 12.5. The van der Waals surface area contributed by atoms with Gasteiger partial charge in [0, 0.05) is 23.2 Å². The van der Waals surface area contributed by atoms with Crippen LogP contribution in [0, 0.1) is 0 Å². The number of esters is 1. The number of methoxy groups -OCH3 is 1. The lowest BCUT2D eigenvalue weighted by atomic mass is 10.1. The average Bonchev–Trinajstić information content (AvgIpc) is 2.91. The number of carbonyl (C=O) groups excluding carboxylic acids is 2. The third kappa shape index (κ3) is 2.67. The third-order valence-corrected chi connectivity index (χ3v) is 3.33. The molecule has 0 aliphatic carbocycles. The molecule has 0 radical (unpaired) electrons. The van der Waals surface area contributed by atoms with Gasteiger partial charge in [0.2, 0.25) is 0 Å². The van der Waals surface area contributed by atoms with E-state index in [9.17, 15) is 9.59 Å². The van der Waals surface area contributed by atoms with Crippen LogP contribution in [0.3, 0.4) is 0 Å². The van der Waals surface area contributed by atoms with Gasteiger partial charge in [-0.15, -0.1) is 0 Å². The van der Waals surface area contributed by atoms with Crippen LogP contribution in [0.25, 0.3) is 16.0 Å². The minimum atomic E-state index is -1.04. The molecular formula is C13H12N6O3. The average molecular weight is 300 g/mol. The Bertz CT molecular complexity index is 718. The summed E-state index contributed by atoms with van der Waals surface area (Å²) in [5.74, 6) is -1.85. The fraction of sp³-hybridized carbons (Fsp3) is 0.308. The summed E-state index contributed by atoms with van der Waals surface area (Å²) in [4.78, 5) is 30.8. The molecule has 0 spiro atoms. The summed E-state index contributed by atoms with van der Waals surface area (Å²) in [7, 11) is 1.08. The van der Waals surface area contributed by atoms with Gasteiger partial charge in [-0.2, -0.15) is 4.79 Å². The van der Waals surface area contributed by atoms with Gasteiger partial charge in [-0.3, -0.25) is 9.69 Å². The molecule has 9 heteroatoms. The SMILES string of the molecule is COC(=O)C(=[N+]=[N-])C(=O)N1c2ccccc2CC1CN=[N+]=[N-]. The van der Waals surface area contributed by atoms with Crippen LogP contribution < -0.4 is 4.90 Å². The van der Waals surface area contributed by atoms with Crippen molar-refractivity contribution in [2.75, 3.05) is 18.6 Å². The molecular weight excluding hydrogens is 288 g/mol. The molecule has 9 nitrogen and oxygen atoms in total. The highest BCUT2D eigenvalue weighted by Crippen LogP contribution is 2.32. The number of hydrogen-bond donors (Lipinski definition) is 0. The molecule has 0 fully saturated rings. The first-order chi connectivity index (χ1) is 10.6. The van der Waals surface area contributed by atoms with Crippen LogP contribution in [0.2, 0.25) is 0 Å². The molecule has 1 heterocycles. The van der Waals surface area contributed by atoms with E-state index in [4.69, 9.17) is 11.1 Å². The predicted molar refractivity (Wildman–Crippen MR) is 76.1 cm³/mol. The molecule has 1 aromatic carbocycles. The normalized spacial score (nSPS) is 15.3. The molecule has 2 rings (SSSR count). The molecule has 22 heavy (non-hydrogen) atoms. The van der Waals surface area contributed by atoms with Crippen molar-refractivity contribution in [2.45, 2.75) is 12.5 Å². The summed E-state index contributed by atoms with van der Waals surface area (Å²) in [6.07, 6.45) is 0.473. The van der Waals surface area contributed by atoms with Crippen molar-refractivity contribution >= 4 is 23.3 Å². The molecule has 0 saturated heterocycles. The molecule has 1 aliphatic rings. The second kappa shape index (κ2) is 6.53. The van der Waals surface area contributed by atoms with E-state index < -0.39 is 23.6 Å². The summed E-state index contributed by atoms with van der Waals surface area (Å²) in [5, 5.41) is 3.49. The Balaban J connectivity index is 2.43. The second-order valence-electron chi connectivity index (χ2n) is 4.52. The van der Waals surface area contributed by atoms with Crippen LogP contribution in [0.15, 0.2) is 29.4 Å². The number of fused-ring (bicyclic) bond motifs is 1. The van der Waals surface area contributed by atoms with Gasteiger partial charge in [0.15, 0.2) is 0 Å². The fourth-order valence-electron chi connectivity index (χ4n) is 2.39. The number of benzene rings is 1. The van der Waals surface area contributed by atoms with Crippen LogP contribution in [-0.4, -0.2) is 42.1 Å². The smallest absolute Gasteiger partial charge is 0.460 e. The number of carbonyl (C=O) groups is 2. The Morgan fingerprint density at radius 3 is 2.77 bits per heavy atom. The van der Waals surface area contributed by atoms with Gasteiger partial charge in [-0.1, -0.05) is 23.3 Å². The van der Waals surface area contributed by atoms with Gasteiger partial charge in [0.25, 0.3) is 0 Å². The standard InChI is InChI=1S/C13H12N6O3/c1-22-13(21)11(17-14)12(20)19-9(7-16-18-15)6-8-4-2-3-5-10(8)19/h2-5,9H,6-7H2,1H3. The molecule has 1 atom stereocenters. The molecule has 0 aromatic heterocycles. The zero-order chi connectivity index (χ0) is 16.1. The van der Waals surface area contributed by atoms with Crippen molar-refractivity contribution in [3.05, 3.63) is 45.8 Å². The minimum absolute atomic E-state index is 0.0385. The number of ether oxygens (including phenoxy) is 1. The molecule has 1 unspecified atom stereocenters. The summed E-state index contributed by atoms with van der Waals surface area (Å²) in [6, 6.07) is 6.64. The Morgan fingerprint density at radius 2 is 2.14 bits per heavy atom. The first-order valence-electron chi connectivity index (χ1n) is 6.36. The number of azide groups is 1. The highest BCUT2D eigenvalue weighted by molar-refractivity contribution is 6.64. The first-order valence-corrected chi connectivity index (χ1v) is 6.36. The first kappa shape index (κ1) is 15.2. The highest BCUT2D eigenvalue weighted by atomic mass is 16.5. The van der Waals surface area contributed by atoms with Crippen molar-refractivity contribution in [1.29, 1.82) is 0 Å². The molecule has 1 aromatic rings. The monoisotopic (exact) mass is 300 g/mol. The van der Waals surface area contributed by atoms with Crippen LogP contribution in [0.1, 0.15) is 5.56 Å². The zero-order valence-electron chi connectivity index (χ0n) is 11.7. The van der Waals surface area contributed by atoms with Crippen molar-refractivity contribution in [3.63, 3.8) is 0 Å². The summed E-state index contributed by atoms with van der Waals surface area (Å²) >= 11 is 0. The maximum absolute atomic E-state index is 12.5. The Labute approximate surface area is 125 Å². The number of hydrogen-bond acceptors (Lipinski definition) is 4. The van der Waals surface area contributed by atoms with E-state index in [0.29, 0.717) is 12.1 Å². The van der Waals surface area contributed by atoms with Gasteiger partial charge in [0.1, 0.15) is 0 Å². The zero-order valence-corrected chi connectivity index (χ0v) is 11.7. The summed E-state index contributed by atoms with van der Waals surface area (Å²) in [5.41, 5.74) is 18.1. The van der Waals surface area contributed by atoms with E-state index in [0.717, 1.165) is 12.7 Å². The number of amides is 1. The summed E-state index contributed by atoms with van der Waals surface area (Å²) in [6.45, 7) is 0.0385. The van der Waals surface area contributed by atoms with E-state index in [1.54, 1.807) is 12.1 Å². The number of anilines is 1. The molecule has 1 aliphatic heterocycles. The van der Waals surface area contributed by atoms with Gasteiger partial charge in [-0.05, 0) is 23.6 Å². The fourth-order valence-corrected chi connectivity index (χ4v) is 2.39. The molecule has 112 valence electrons. The Kier molecular flexibility index (Phi) is 4.53. The van der Waals surface area contributed by atoms with Crippen molar-refractivity contribution in [1.82, 2.24) is 0 Å². The number of para-hydroxylation sites is 1. The van der Waals surface area contributed by atoms with Crippen LogP contribution in [0.4, 0.5) is 5.69 Å². The van der Waals surface area contributed by atoms with E-state index in [2.05, 4.69) is 19.6 Å². The lowest BCUT2D eigenvalue weighted by molar-refractivity contribution is -0.139. The van der Waals surface area contributed by atoms with E-state index in [-0.39, 0.29) is 6.54 Å². The minimum Gasteiger partial charge on any atom is -0.460 e. The van der Waals surface area contributed by atoms with E-state index in [1.807, 2.05) is 12.1 Å².